The molecule has 0 saturated carbocycles. The fourth-order valence-electron chi connectivity index (χ4n) is 3.95. The summed E-state index contributed by atoms with van der Waals surface area (Å²) >= 11 is 7.40. The summed E-state index contributed by atoms with van der Waals surface area (Å²) in [5, 5.41) is 3.06. The quantitative estimate of drug-likeness (QED) is 0.543. The number of hydrogen-bond acceptors (Lipinski definition) is 5. The van der Waals surface area contributed by atoms with Gasteiger partial charge in [-0.15, -0.1) is 11.3 Å². The van der Waals surface area contributed by atoms with Crippen LogP contribution in [0.1, 0.15) is 35.2 Å². The summed E-state index contributed by atoms with van der Waals surface area (Å²) in [6, 6.07) is 12.3. The normalized spacial score (nSPS) is 17.4. The Morgan fingerprint density at radius 1 is 1.23 bits per heavy atom. The van der Waals surface area contributed by atoms with Gasteiger partial charge in [-0.05, 0) is 55.0 Å². The number of aromatic nitrogens is 1. The Bertz CT molecular complexity index is 1100. The Morgan fingerprint density at radius 2 is 1.97 bits per heavy atom. The third-order valence-corrected chi connectivity index (χ3v) is 6.77. The molecule has 1 aliphatic heterocycles. The molecule has 0 bridgehead atoms. The number of nitrogens with zero attached hydrogens (tertiary/aromatic N) is 3. The molecular weight excluding hydrogens is 434 g/mol. The number of rotatable bonds is 5. The van der Waals surface area contributed by atoms with Crippen molar-refractivity contribution in [2.45, 2.75) is 25.3 Å². The number of ether oxygens (including phenoxy) is 1. The molecule has 8 heteroatoms. The fraction of sp³-hybridized carbons (Fsp3) is 0.261. The van der Waals surface area contributed by atoms with E-state index in [0.29, 0.717) is 21.5 Å². The van der Waals surface area contributed by atoms with Crippen LogP contribution in [-0.2, 0) is 4.79 Å². The number of benzene rings is 2. The fourth-order valence-corrected chi connectivity index (χ4v) is 4.71. The van der Waals surface area contributed by atoms with Crippen molar-refractivity contribution < 1.29 is 14.3 Å². The Balaban J connectivity index is 1.67. The molecule has 2 atom stereocenters. The van der Waals surface area contributed by atoms with Crippen LogP contribution in [0.3, 0.4) is 0 Å². The molecule has 0 N–H and O–H groups in total. The monoisotopic (exact) mass is 455 g/mol. The highest BCUT2D eigenvalue weighted by Crippen LogP contribution is 2.45. The van der Waals surface area contributed by atoms with E-state index in [2.05, 4.69) is 4.98 Å². The maximum absolute atomic E-state index is 13.4. The highest BCUT2D eigenvalue weighted by molar-refractivity contribution is 7.13. The van der Waals surface area contributed by atoms with Gasteiger partial charge in [0.1, 0.15) is 5.75 Å². The van der Waals surface area contributed by atoms with Crippen molar-refractivity contribution in [3.8, 4) is 5.75 Å². The van der Waals surface area contributed by atoms with Crippen LogP contribution in [-0.4, -0.2) is 37.0 Å². The number of hydrogen-bond donors (Lipinski definition) is 0. The van der Waals surface area contributed by atoms with E-state index >= 15 is 0 Å². The second-order valence-corrected chi connectivity index (χ2v) is 8.73. The summed E-state index contributed by atoms with van der Waals surface area (Å²) in [6.07, 6.45) is 1.93. The molecule has 1 aromatic heterocycles. The molecule has 2 heterocycles. The first-order valence-electron chi connectivity index (χ1n) is 9.83. The third kappa shape index (κ3) is 4.03. The standard InChI is InChI=1S/C23H22ClN3O3S/c1-14-18(13-21(28)26(2)23-25-10-11-31-23)19-12-17(30-3)8-9-20(19)27(14)22(29)15-4-6-16(24)7-5-15/h4-12,14,18H,13H2,1-3H3. The zero-order valence-corrected chi connectivity index (χ0v) is 19.0. The number of amides is 2. The van der Waals surface area contributed by atoms with Gasteiger partial charge in [-0.3, -0.25) is 14.5 Å². The van der Waals surface area contributed by atoms with Gasteiger partial charge in [0.05, 0.1) is 7.11 Å². The van der Waals surface area contributed by atoms with E-state index in [9.17, 15) is 9.59 Å². The van der Waals surface area contributed by atoms with Gasteiger partial charge in [0.15, 0.2) is 5.13 Å². The van der Waals surface area contributed by atoms with E-state index in [1.165, 1.54) is 11.3 Å². The lowest BCUT2D eigenvalue weighted by Crippen LogP contribution is -2.38. The molecule has 0 spiro atoms. The Morgan fingerprint density at radius 3 is 2.61 bits per heavy atom. The van der Waals surface area contributed by atoms with Gasteiger partial charge in [-0.25, -0.2) is 4.98 Å². The van der Waals surface area contributed by atoms with Crippen molar-refractivity contribution in [1.29, 1.82) is 0 Å². The summed E-state index contributed by atoms with van der Waals surface area (Å²) in [6.45, 7) is 1.97. The van der Waals surface area contributed by atoms with E-state index in [0.717, 1.165) is 11.3 Å². The first kappa shape index (κ1) is 21.3. The second kappa shape index (κ2) is 8.69. The van der Waals surface area contributed by atoms with Crippen molar-refractivity contribution in [2.75, 3.05) is 24.0 Å². The predicted molar refractivity (Wildman–Crippen MR) is 124 cm³/mol. The maximum Gasteiger partial charge on any atom is 0.258 e. The van der Waals surface area contributed by atoms with Crippen LogP contribution in [0.2, 0.25) is 5.02 Å². The summed E-state index contributed by atoms with van der Waals surface area (Å²) in [5.41, 5.74) is 2.27. The zero-order chi connectivity index (χ0) is 22.1. The number of methoxy groups -OCH3 is 1. The Kier molecular flexibility index (Phi) is 5.98. The number of carbonyl (C=O) groups excluding carboxylic acids is 2. The van der Waals surface area contributed by atoms with Gasteiger partial charge in [0, 0.05) is 53.3 Å². The number of carbonyl (C=O) groups is 2. The van der Waals surface area contributed by atoms with Gasteiger partial charge in [-0.2, -0.15) is 0 Å². The molecule has 6 nitrogen and oxygen atoms in total. The average Bonchev–Trinajstić information content (AvgIpc) is 3.40. The molecule has 3 aromatic rings. The summed E-state index contributed by atoms with van der Waals surface area (Å²) in [4.78, 5) is 34.0. The van der Waals surface area contributed by atoms with Crippen LogP contribution in [0.25, 0.3) is 0 Å². The lowest BCUT2D eigenvalue weighted by molar-refractivity contribution is -0.118. The molecule has 0 radical (unpaired) electrons. The van der Waals surface area contributed by atoms with Crippen LogP contribution in [0.5, 0.6) is 5.75 Å². The van der Waals surface area contributed by atoms with Gasteiger partial charge in [0.25, 0.3) is 5.91 Å². The number of halogens is 1. The summed E-state index contributed by atoms with van der Waals surface area (Å²) in [7, 11) is 3.33. The first-order chi connectivity index (χ1) is 14.9. The number of fused-ring (bicyclic) bond motifs is 1. The molecule has 2 amide bonds. The number of anilines is 2. The van der Waals surface area contributed by atoms with Crippen molar-refractivity contribution >= 4 is 45.6 Å². The highest BCUT2D eigenvalue weighted by atomic mass is 35.5. The molecule has 0 fully saturated rings. The summed E-state index contributed by atoms with van der Waals surface area (Å²) < 4.78 is 5.41. The van der Waals surface area contributed by atoms with Gasteiger partial charge in [-0.1, -0.05) is 11.6 Å². The molecule has 2 unspecified atom stereocenters. The lowest BCUT2D eigenvalue weighted by atomic mass is 9.92. The topological polar surface area (TPSA) is 62.7 Å². The number of thiazole rings is 1. The maximum atomic E-state index is 13.4. The van der Waals surface area contributed by atoms with Gasteiger partial charge in [0.2, 0.25) is 5.91 Å². The Hall–Kier alpha value is -2.90. The van der Waals surface area contributed by atoms with Crippen molar-refractivity contribution in [1.82, 2.24) is 4.98 Å². The third-order valence-electron chi connectivity index (χ3n) is 5.67. The second-order valence-electron chi connectivity index (χ2n) is 7.43. The van der Waals surface area contributed by atoms with Crippen LogP contribution in [0.4, 0.5) is 10.8 Å². The minimum atomic E-state index is -0.209. The first-order valence-corrected chi connectivity index (χ1v) is 11.1. The highest BCUT2D eigenvalue weighted by Gasteiger charge is 2.41. The predicted octanol–water partition coefficient (Wildman–Crippen LogP) is 4.99. The smallest absolute Gasteiger partial charge is 0.258 e. The SMILES string of the molecule is COc1ccc2c(c1)C(CC(=O)N(C)c1nccs1)C(C)N2C(=O)c1ccc(Cl)cc1. The van der Waals surface area contributed by atoms with Gasteiger partial charge < -0.3 is 9.64 Å². The molecule has 1 aliphatic rings. The molecular formula is C23H22ClN3O3S. The molecule has 0 saturated heterocycles. The van der Waals surface area contributed by atoms with E-state index in [1.807, 2.05) is 30.5 Å². The molecule has 31 heavy (non-hydrogen) atoms. The molecule has 0 aliphatic carbocycles. The van der Waals surface area contributed by atoms with E-state index < -0.39 is 0 Å². The van der Waals surface area contributed by atoms with E-state index in [4.69, 9.17) is 16.3 Å². The van der Waals surface area contributed by atoms with Crippen molar-refractivity contribution in [3.05, 3.63) is 70.2 Å². The van der Waals surface area contributed by atoms with Crippen LogP contribution in [0, 0.1) is 0 Å². The molecule has 2 aromatic carbocycles. The molecule has 160 valence electrons. The zero-order valence-electron chi connectivity index (χ0n) is 17.4. The van der Waals surface area contributed by atoms with Gasteiger partial charge >= 0.3 is 0 Å². The Labute approximate surface area is 190 Å². The largest absolute Gasteiger partial charge is 0.497 e. The van der Waals surface area contributed by atoms with Crippen molar-refractivity contribution in [3.63, 3.8) is 0 Å². The lowest BCUT2D eigenvalue weighted by Gasteiger charge is -2.26. The minimum absolute atomic E-state index is 0.0543. The van der Waals surface area contributed by atoms with Crippen LogP contribution >= 0.6 is 22.9 Å². The van der Waals surface area contributed by atoms with E-state index in [1.54, 1.807) is 54.4 Å². The summed E-state index contributed by atoms with van der Waals surface area (Å²) in [5.74, 6) is 0.342. The van der Waals surface area contributed by atoms with Crippen LogP contribution in [0.15, 0.2) is 54.0 Å². The van der Waals surface area contributed by atoms with E-state index in [-0.39, 0.29) is 30.2 Å². The van der Waals surface area contributed by atoms with Crippen LogP contribution < -0.4 is 14.5 Å². The minimum Gasteiger partial charge on any atom is -0.497 e. The molecule has 4 rings (SSSR count). The van der Waals surface area contributed by atoms with Crippen molar-refractivity contribution in [2.24, 2.45) is 0 Å². The average molecular weight is 456 g/mol.